The van der Waals surface area contributed by atoms with Crippen LogP contribution in [0.25, 0.3) is 54.5 Å². The largest absolute Gasteiger partial charge is 0.512 e. The van der Waals surface area contributed by atoms with Gasteiger partial charge >= 0.3 is 0 Å². The Morgan fingerprint density at radius 1 is 0.855 bits per heavy atom. The summed E-state index contributed by atoms with van der Waals surface area (Å²) in [5.74, 6) is 0.928. The SMILES string of the molecule is CC(C)Cc1cccc2c1CCc1sc3c(-c4[c-]c5ccccc5c(-c5ccccc5)c4)ncnc3c1-2.CCC(C)(CC)C(=O)/C=C(\O)C(C)(CC)CC.[Ir]. The van der Waals surface area contributed by atoms with Crippen molar-refractivity contribution in [1.29, 1.82) is 0 Å². The van der Waals surface area contributed by atoms with E-state index in [0.717, 1.165) is 67.1 Å². The average molecular weight is 928 g/mol. The zero-order valence-corrected chi connectivity index (χ0v) is 36.9. The molecule has 2 aromatic heterocycles. The maximum absolute atomic E-state index is 12.2. The molecule has 0 saturated carbocycles. The first-order valence-corrected chi connectivity index (χ1v) is 20.6. The zero-order valence-electron chi connectivity index (χ0n) is 33.7. The summed E-state index contributed by atoms with van der Waals surface area (Å²) in [7, 11) is 0. The quantitative estimate of drug-likeness (QED) is 0.0799. The van der Waals surface area contributed by atoms with E-state index in [1.807, 2.05) is 52.9 Å². The standard InChI is InChI=1S/C34H27N2S.C15H28O2.Ir/c1-21(2)17-23-12-8-14-28-27(23)15-16-30-31(28)33-34(37-30)32(35-20-36-33)25-18-24-11-6-7-13-26(24)29(19-25)22-9-4-3-5-10-22;1-7-14(5,8-2)12(16)11-13(17)15(6,9-3)10-4;/h3-14,19-21H,15-17H2,1-2H3;11,16H,7-10H2,1-6H3;/q-1;;/b;12-11-;. The van der Waals surface area contributed by atoms with Crippen LogP contribution in [0.3, 0.4) is 0 Å². The van der Waals surface area contributed by atoms with Crippen molar-refractivity contribution >= 4 is 38.1 Å². The number of aliphatic hydroxyl groups excluding tert-OH is 1. The van der Waals surface area contributed by atoms with Crippen molar-refractivity contribution in [2.24, 2.45) is 16.7 Å². The van der Waals surface area contributed by atoms with Gasteiger partial charge in [-0.15, -0.1) is 34.9 Å². The molecule has 55 heavy (non-hydrogen) atoms. The number of carbonyl (C=O) groups excluding carboxylic acids is 1. The molecule has 289 valence electrons. The van der Waals surface area contributed by atoms with Crippen LogP contribution in [0.1, 0.15) is 97.1 Å². The van der Waals surface area contributed by atoms with E-state index in [0.29, 0.717) is 5.92 Å². The van der Waals surface area contributed by atoms with Crippen LogP contribution in [0.15, 0.2) is 97.0 Å². The van der Waals surface area contributed by atoms with Crippen molar-refractivity contribution in [3.63, 3.8) is 0 Å². The van der Waals surface area contributed by atoms with E-state index < -0.39 is 0 Å². The fourth-order valence-corrected chi connectivity index (χ4v) is 8.80. The Bertz CT molecular complexity index is 2300. The smallest absolute Gasteiger partial charge is 0.164 e. The fraction of sp³-hybridized carbons (Fsp3) is 0.367. The number of hydrogen-bond donors (Lipinski definition) is 1. The topological polar surface area (TPSA) is 63.1 Å². The second-order valence-electron chi connectivity index (χ2n) is 15.8. The van der Waals surface area contributed by atoms with Crippen LogP contribution in [-0.4, -0.2) is 20.9 Å². The van der Waals surface area contributed by atoms with Crippen LogP contribution < -0.4 is 0 Å². The summed E-state index contributed by atoms with van der Waals surface area (Å²) < 4.78 is 1.17. The summed E-state index contributed by atoms with van der Waals surface area (Å²) in [5.41, 5.74) is 10.6. The van der Waals surface area contributed by atoms with E-state index >= 15 is 0 Å². The van der Waals surface area contributed by atoms with Gasteiger partial charge < -0.3 is 5.11 Å². The molecule has 1 aliphatic rings. The Kier molecular flexibility index (Phi) is 13.7. The molecule has 4 nitrogen and oxygen atoms in total. The van der Waals surface area contributed by atoms with E-state index in [1.54, 1.807) is 6.33 Å². The molecule has 4 aromatic carbocycles. The first kappa shape index (κ1) is 42.2. The van der Waals surface area contributed by atoms with E-state index in [2.05, 4.69) is 98.8 Å². The molecule has 2 heterocycles. The minimum absolute atomic E-state index is 0. The molecule has 1 N–H and O–H groups in total. The zero-order chi connectivity index (χ0) is 38.6. The molecular weight excluding hydrogens is 873 g/mol. The minimum Gasteiger partial charge on any atom is -0.512 e. The Hall–Kier alpha value is -3.96. The van der Waals surface area contributed by atoms with Gasteiger partial charge in [0.15, 0.2) is 5.78 Å². The number of nitrogens with zero attached hydrogens (tertiary/aromatic N) is 2. The Morgan fingerprint density at radius 2 is 1.53 bits per heavy atom. The van der Waals surface area contributed by atoms with Gasteiger partial charge in [0.2, 0.25) is 0 Å². The number of ketones is 1. The molecule has 0 spiro atoms. The Balaban J connectivity index is 0.000000276. The van der Waals surface area contributed by atoms with Gasteiger partial charge in [-0.2, -0.15) is 0 Å². The molecule has 0 bridgehead atoms. The number of aromatic nitrogens is 2. The second-order valence-corrected chi connectivity index (χ2v) is 16.9. The number of carbonyl (C=O) groups is 1. The predicted octanol–water partition coefficient (Wildman–Crippen LogP) is 13.6. The first-order valence-electron chi connectivity index (χ1n) is 19.8. The molecule has 0 saturated heterocycles. The van der Waals surface area contributed by atoms with E-state index in [4.69, 9.17) is 9.97 Å². The van der Waals surface area contributed by atoms with Crippen LogP contribution in [0.5, 0.6) is 0 Å². The molecule has 0 atom stereocenters. The Labute approximate surface area is 345 Å². The van der Waals surface area contributed by atoms with Crippen molar-refractivity contribution in [2.45, 2.75) is 100 Å². The summed E-state index contributed by atoms with van der Waals surface area (Å²) in [6, 6.07) is 31.9. The van der Waals surface area contributed by atoms with Gasteiger partial charge in [0, 0.05) is 57.8 Å². The monoisotopic (exact) mass is 928 g/mol. The van der Waals surface area contributed by atoms with Crippen molar-refractivity contribution in [3.05, 3.63) is 119 Å². The van der Waals surface area contributed by atoms with Gasteiger partial charge in [-0.05, 0) is 73.1 Å². The van der Waals surface area contributed by atoms with Gasteiger partial charge in [-0.3, -0.25) is 9.78 Å². The molecule has 6 aromatic rings. The number of aliphatic hydroxyl groups is 1. The molecule has 0 aliphatic heterocycles. The number of fused-ring (bicyclic) bond motifs is 6. The summed E-state index contributed by atoms with van der Waals surface area (Å²) in [6.45, 7) is 16.7. The molecule has 0 amide bonds. The average Bonchev–Trinajstić information content (AvgIpc) is 3.60. The van der Waals surface area contributed by atoms with Gasteiger partial charge in [-0.1, -0.05) is 139 Å². The second kappa shape index (κ2) is 17.9. The molecule has 1 radical (unpaired) electrons. The van der Waals surface area contributed by atoms with Crippen LogP contribution in [0, 0.1) is 22.8 Å². The van der Waals surface area contributed by atoms with E-state index in [-0.39, 0.29) is 42.5 Å². The van der Waals surface area contributed by atoms with Crippen molar-refractivity contribution < 1.29 is 30.0 Å². The fourth-order valence-electron chi connectivity index (χ4n) is 7.53. The van der Waals surface area contributed by atoms with Crippen molar-refractivity contribution in [2.75, 3.05) is 0 Å². The summed E-state index contributed by atoms with van der Waals surface area (Å²) in [6.07, 6.45) is 9.78. The van der Waals surface area contributed by atoms with Crippen molar-refractivity contribution in [3.8, 4) is 33.5 Å². The molecule has 0 unspecified atom stereocenters. The number of allylic oxidation sites excluding steroid dienone is 2. The third-order valence-corrected chi connectivity index (χ3v) is 13.3. The number of benzene rings is 4. The van der Waals surface area contributed by atoms with Crippen LogP contribution in [-0.2, 0) is 44.2 Å². The first-order chi connectivity index (χ1) is 26.0. The number of hydrogen-bond acceptors (Lipinski definition) is 5. The molecule has 1 aliphatic carbocycles. The molecule has 7 rings (SSSR count). The van der Waals surface area contributed by atoms with E-state index in [1.165, 1.54) is 54.4 Å². The maximum Gasteiger partial charge on any atom is 0.164 e. The predicted molar refractivity (Wildman–Crippen MR) is 229 cm³/mol. The molecule has 6 heteroatoms. The summed E-state index contributed by atoms with van der Waals surface area (Å²) in [5, 5.41) is 12.4. The van der Waals surface area contributed by atoms with Gasteiger partial charge in [0.25, 0.3) is 0 Å². The number of rotatable bonds is 11. The van der Waals surface area contributed by atoms with Crippen LogP contribution in [0.4, 0.5) is 0 Å². The van der Waals surface area contributed by atoms with Gasteiger partial charge in [-0.25, -0.2) is 4.98 Å². The maximum atomic E-state index is 12.2. The molecule has 0 fully saturated rings. The van der Waals surface area contributed by atoms with Crippen LogP contribution >= 0.6 is 11.3 Å². The number of thiophene rings is 1. The number of aryl methyl sites for hydroxylation is 1. The normalized spacial score (nSPS) is 12.9. The minimum atomic E-state index is -0.337. The summed E-state index contributed by atoms with van der Waals surface area (Å²) >= 11 is 1.87. The van der Waals surface area contributed by atoms with Gasteiger partial charge in [0.05, 0.1) is 5.52 Å². The van der Waals surface area contributed by atoms with Gasteiger partial charge in [0.1, 0.15) is 12.1 Å². The van der Waals surface area contributed by atoms with Crippen molar-refractivity contribution in [1.82, 2.24) is 9.97 Å². The van der Waals surface area contributed by atoms with E-state index in [9.17, 15) is 9.90 Å². The summed E-state index contributed by atoms with van der Waals surface area (Å²) in [4.78, 5) is 23.3. The third kappa shape index (κ3) is 8.58. The van der Waals surface area contributed by atoms with Crippen LogP contribution in [0.2, 0.25) is 0 Å². The third-order valence-electron chi connectivity index (χ3n) is 12.0. The Morgan fingerprint density at radius 3 is 2.20 bits per heavy atom. The molecular formula is C49H55IrN2O2S-.